The van der Waals surface area contributed by atoms with Gasteiger partial charge in [0.05, 0.1) is 0 Å². The Balaban J connectivity index is 1.84. The molecule has 1 aromatic heterocycles. The number of aryl methyl sites for hydroxylation is 3. The van der Waals surface area contributed by atoms with Crippen molar-refractivity contribution in [3.05, 3.63) is 47.3 Å². The molecule has 1 aliphatic heterocycles. The van der Waals surface area contributed by atoms with Crippen molar-refractivity contribution < 1.29 is 13.2 Å². The van der Waals surface area contributed by atoms with Gasteiger partial charge in [-0.1, -0.05) is 12.5 Å². The Morgan fingerprint density at radius 3 is 2.23 bits per heavy atom. The van der Waals surface area contributed by atoms with E-state index in [1.807, 2.05) is 32.0 Å². The second kappa shape index (κ2) is 7.25. The molecule has 26 heavy (non-hydrogen) atoms. The average Bonchev–Trinajstić information content (AvgIpc) is 2.97. The lowest BCUT2D eigenvalue weighted by atomic mass is 10.1. The van der Waals surface area contributed by atoms with Gasteiger partial charge in [-0.25, -0.2) is 8.42 Å². The topological polar surface area (TPSA) is 71.4 Å². The Morgan fingerprint density at radius 2 is 1.62 bits per heavy atom. The fourth-order valence-corrected chi connectivity index (χ4v) is 4.99. The summed E-state index contributed by atoms with van der Waals surface area (Å²) in [5, 5.41) is 2.86. The maximum Gasteiger partial charge on any atom is 0.272 e. The maximum absolute atomic E-state index is 12.8. The molecule has 1 amide bonds. The van der Waals surface area contributed by atoms with E-state index in [0.29, 0.717) is 24.5 Å². The molecule has 2 aromatic rings. The largest absolute Gasteiger partial charge is 0.345 e. The summed E-state index contributed by atoms with van der Waals surface area (Å²) in [6.07, 6.45) is 4.34. The van der Waals surface area contributed by atoms with Gasteiger partial charge in [0.1, 0.15) is 10.6 Å². The molecule has 1 N–H and O–H groups in total. The summed E-state index contributed by atoms with van der Waals surface area (Å²) in [7, 11) is -1.86. The number of carbonyl (C=O) groups is 1. The lowest BCUT2D eigenvalue weighted by Gasteiger charge is -2.25. The Hall–Kier alpha value is -2.12. The summed E-state index contributed by atoms with van der Waals surface area (Å²) in [6.45, 7) is 5.02. The van der Waals surface area contributed by atoms with Crippen LogP contribution in [-0.4, -0.2) is 36.3 Å². The Bertz CT molecular complexity index is 905. The molecule has 6 nitrogen and oxygen atoms in total. The molecule has 0 unspecified atom stereocenters. The van der Waals surface area contributed by atoms with Gasteiger partial charge >= 0.3 is 0 Å². The van der Waals surface area contributed by atoms with E-state index in [2.05, 4.69) is 5.32 Å². The van der Waals surface area contributed by atoms with E-state index in [-0.39, 0.29) is 10.8 Å². The van der Waals surface area contributed by atoms with Gasteiger partial charge in [-0.05, 0) is 56.0 Å². The molecular weight excluding hydrogens is 350 g/mol. The molecule has 1 aliphatic rings. The van der Waals surface area contributed by atoms with Gasteiger partial charge in [-0.3, -0.25) is 4.79 Å². The molecule has 0 bridgehead atoms. The van der Waals surface area contributed by atoms with Gasteiger partial charge in [-0.2, -0.15) is 4.31 Å². The van der Waals surface area contributed by atoms with Crippen molar-refractivity contribution in [2.24, 2.45) is 7.05 Å². The quantitative estimate of drug-likeness (QED) is 0.893. The number of nitrogens with one attached hydrogen (secondary N) is 1. The minimum atomic E-state index is -3.55. The van der Waals surface area contributed by atoms with Crippen LogP contribution in [0.15, 0.2) is 35.4 Å². The molecule has 7 heteroatoms. The molecule has 1 aromatic carbocycles. The molecular formula is C19H25N3O3S. The van der Waals surface area contributed by atoms with Gasteiger partial charge in [0, 0.05) is 32.0 Å². The number of rotatable bonds is 4. The lowest BCUT2D eigenvalue weighted by Crippen LogP contribution is -2.35. The molecule has 1 fully saturated rings. The predicted molar refractivity (Wildman–Crippen MR) is 102 cm³/mol. The van der Waals surface area contributed by atoms with E-state index in [4.69, 9.17) is 0 Å². The smallest absolute Gasteiger partial charge is 0.272 e. The summed E-state index contributed by atoms with van der Waals surface area (Å²) in [6, 6.07) is 7.27. The summed E-state index contributed by atoms with van der Waals surface area (Å²) < 4.78 is 28.7. The number of carbonyl (C=O) groups excluding carboxylic acids is 1. The highest BCUT2D eigenvalue weighted by Gasteiger charge is 2.28. The van der Waals surface area contributed by atoms with E-state index in [9.17, 15) is 13.2 Å². The van der Waals surface area contributed by atoms with E-state index >= 15 is 0 Å². The van der Waals surface area contributed by atoms with E-state index in [1.54, 1.807) is 11.6 Å². The van der Waals surface area contributed by atoms with Crippen LogP contribution in [-0.2, 0) is 17.1 Å². The van der Waals surface area contributed by atoms with Crippen molar-refractivity contribution in [1.29, 1.82) is 0 Å². The number of sulfonamides is 1. The monoisotopic (exact) mass is 375 g/mol. The third kappa shape index (κ3) is 3.83. The predicted octanol–water partition coefficient (Wildman–Crippen LogP) is 3.07. The fraction of sp³-hybridized carbons (Fsp3) is 0.421. The van der Waals surface area contributed by atoms with Crippen LogP contribution in [0.25, 0.3) is 0 Å². The number of piperidine rings is 1. The zero-order chi connectivity index (χ0) is 18.9. The first-order valence-electron chi connectivity index (χ1n) is 8.83. The first kappa shape index (κ1) is 18.7. The van der Waals surface area contributed by atoms with Crippen LogP contribution >= 0.6 is 0 Å². The van der Waals surface area contributed by atoms with Crippen LogP contribution in [0.2, 0.25) is 0 Å². The van der Waals surface area contributed by atoms with Crippen molar-refractivity contribution in [2.45, 2.75) is 38.0 Å². The number of nitrogens with zero attached hydrogens (tertiary/aromatic N) is 2. The molecule has 0 aliphatic carbocycles. The summed E-state index contributed by atoms with van der Waals surface area (Å²) in [4.78, 5) is 12.8. The van der Waals surface area contributed by atoms with Crippen LogP contribution in [0, 0.1) is 13.8 Å². The zero-order valence-electron chi connectivity index (χ0n) is 15.4. The standard InChI is InChI=1S/C19H25N3O3S/c1-14-9-15(2)11-16(10-14)20-19(23)18-12-17(13-21(18)3)26(24,25)22-7-5-4-6-8-22/h9-13H,4-8H2,1-3H3,(H,20,23). The highest BCUT2D eigenvalue weighted by Crippen LogP contribution is 2.23. The third-order valence-electron chi connectivity index (χ3n) is 4.64. The minimum Gasteiger partial charge on any atom is -0.345 e. The number of hydrogen-bond donors (Lipinski definition) is 1. The highest BCUT2D eigenvalue weighted by atomic mass is 32.2. The van der Waals surface area contributed by atoms with Crippen molar-refractivity contribution in [2.75, 3.05) is 18.4 Å². The van der Waals surface area contributed by atoms with Crippen molar-refractivity contribution >= 4 is 21.6 Å². The maximum atomic E-state index is 12.8. The first-order chi connectivity index (χ1) is 12.3. The lowest BCUT2D eigenvalue weighted by molar-refractivity contribution is 0.101. The van der Waals surface area contributed by atoms with Crippen LogP contribution in [0.1, 0.15) is 40.9 Å². The number of hydrogen-bond acceptors (Lipinski definition) is 3. The molecule has 0 radical (unpaired) electrons. The van der Waals surface area contributed by atoms with Crippen LogP contribution in [0.5, 0.6) is 0 Å². The van der Waals surface area contributed by atoms with Gasteiger partial charge < -0.3 is 9.88 Å². The first-order valence-corrected chi connectivity index (χ1v) is 10.3. The molecule has 2 heterocycles. The summed E-state index contributed by atoms with van der Waals surface area (Å²) >= 11 is 0. The van der Waals surface area contributed by atoms with Crippen molar-refractivity contribution in [1.82, 2.24) is 8.87 Å². The van der Waals surface area contributed by atoms with Gasteiger partial charge in [-0.15, -0.1) is 0 Å². The molecule has 0 atom stereocenters. The van der Waals surface area contributed by atoms with E-state index in [0.717, 1.165) is 30.4 Å². The molecule has 140 valence electrons. The Labute approximate surface area is 154 Å². The zero-order valence-corrected chi connectivity index (χ0v) is 16.3. The molecule has 0 saturated carbocycles. The number of anilines is 1. The Morgan fingerprint density at radius 1 is 1.00 bits per heavy atom. The van der Waals surface area contributed by atoms with Gasteiger partial charge in [0.15, 0.2) is 0 Å². The third-order valence-corrected chi connectivity index (χ3v) is 6.51. The molecule has 1 saturated heterocycles. The highest BCUT2D eigenvalue weighted by molar-refractivity contribution is 7.89. The normalized spacial score (nSPS) is 15.8. The van der Waals surface area contributed by atoms with Crippen molar-refractivity contribution in [3.8, 4) is 0 Å². The second-order valence-electron chi connectivity index (χ2n) is 6.97. The van der Waals surface area contributed by atoms with Crippen LogP contribution < -0.4 is 5.32 Å². The van der Waals surface area contributed by atoms with Crippen molar-refractivity contribution in [3.63, 3.8) is 0 Å². The SMILES string of the molecule is Cc1cc(C)cc(NC(=O)c2cc(S(=O)(=O)N3CCCCC3)cn2C)c1. The van der Waals surface area contributed by atoms with E-state index in [1.165, 1.54) is 16.6 Å². The van der Waals surface area contributed by atoms with Gasteiger partial charge in [0.2, 0.25) is 10.0 Å². The van der Waals surface area contributed by atoms with Crippen LogP contribution in [0.3, 0.4) is 0 Å². The summed E-state index contributed by atoms with van der Waals surface area (Å²) in [5.74, 6) is -0.322. The molecule has 0 spiro atoms. The Kier molecular flexibility index (Phi) is 5.20. The summed E-state index contributed by atoms with van der Waals surface area (Å²) in [5.41, 5.74) is 3.13. The number of benzene rings is 1. The fourth-order valence-electron chi connectivity index (χ4n) is 3.40. The van der Waals surface area contributed by atoms with Gasteiger partial charge in [0.25, 0.3) is 5.91 Å². The average molecular weight is 375 g/mol. The second-order valence-corrected chi connectivity index (χ2v) is 8.91. The number of amides is 1. The minimum absolute atomic E-state index is 0.174. The van der Waals surface area contributed by atoms with E-state index < -0.39 is 10.0 Å². The molecule has 3 rings (SSSR count). The number of aromatic nitrogens is 1. The van der Waals surface area contributed by atoms with Crippen LogP contribution in [0.4, 0.5) is 5.69 Å².